The number of hydrogen-bond acceptors (Lipinski definition) is 4. The van der Waals surface area contributed by atoms with Crippen molar-refractivity contribution in [2.45, 2.75) is 38.5 Å². The van der Waals surface area contributed by atoms with Crippen molar-refractivity contribution in [3.05, 3.63) is 23.8 Å². The van der Waals surface area contributed by atoms with Gasteiger partial charge < -0.3 is 19.3 Å². The number of amides is 2. The van der Waals surface area contributed by atoms with E-state index in [-0.39, 0.29) is 18.1 Å². The van der Waals surface area contributed by atoms with Crippen molar-refractivity contribution in [3.63, 3.8) is 0 Å². The number of ether oxygens (including phenoxy) is 2. The third-order valence-electron chi connectivity index (χ3n) is 7.97. The second-order valence-electron chi connectivity index (χ2n) is 9.85. The predicted octanol–water partition coefficient (Wildman–Crippen LogP) is 2.92. The lowest BCUT2D eigenvalue weighted by atomic mass is 9.49. The van der Waals surface area contributed by atoms with E-state index in [1.807, 2.05) is 4.90 Å². The van der Waals surface area contributed by atoms with Gasteiger partial charge in [-0.05, 0) is 74.5 Å². The highest BCUT2D eigenvalue weighted by Crippen LogP contribution is 2.60. The van der Waals surface area contributed by atoms with Gasteiger partial charge >= 0.3 is 0 Å². The minimum absolute atomic E-state index is 0.00482. The van der Waals surface area contributed by atoms with Crippen molar-refractivity contribution in [2.24, 2.45) is 23.2 Å². The van der Waals surface area contributed by atoms with Crippen LogP contribution in [0.15, 0.2) is 18.2 Å². The number of carbonyl (C=O) groups excluding carboxylic acids is 2. The molecule has 4 saturated carbocycles. The summed E-state index contributed by atoms with van der Waals surface area (Å²) < 4.78 is 10.7. The lowest BCUT2D eigenvalue weighted by Crippen LogP contribution is -2.58. The summed E-state index contributed by atoms with van der Waals surface area (Å²) in [6, 6.07) is 5.35. The monoisotopic (exact) mass is 396 g/mol. The minimum Gasteiger partial charge on any atom is -0.454 e. The van der Waals surface area contributed by atoms with Gasteiger partial charge in [0.15, 0.2) is 11.5 Å². The van der Waals surface area contributed by atoms with Crippen LogP contribution in [0.2, 0.25) is 0 Å². The number of hydrogen-bond donors (Lipinski definition) is 0. The maximum atomic E-state index is 13.5. The zero-order chi connectivity index (χ0) is 19.6. The Morgan fingerprint density at radius 3 is 2.07 bits per heavy atom. The molecule has 6 aliphatic rings. The Balaban J connectivity index is 1.12. The maximum absolute atomic E-state index is 13.5. The van der Waals surface area contributed by atoms with Crippen LogP contribution in [0.4, 0.5) is 0 Å². The van der Waals surface area contributed by atoms with Crippen LogP contribution in [0, 0.1) is 23.2 Å². The first kappa shape index (κ1) is 17.6. The van der Waals surface area contributed by atoms with Gasteiger partial charge in [0.05, 0.1) is 5.41 Å². The summed E-state index contributed by atoms with van der Waals surface area (Å²) in [5.74, 6) is 4.04. The molecule has 5 fully saturated rings. The fourth-order valence-corrected chi connectivity index (χ4v) is 7.03. The summed E-state index contributed by atoms with van der Waals surface area (Å²) >= 11 is 0. The zero-order valence-corrected chi connectivity index (χ0v) is 16.8. The number of piperazine rings is 1. The highest BCUT2D eigenvalue weighted by molar-refractivity contribution is 5.95. The Kier molecular flexibility index (Phi) is 3.87. The van der Waals surface area contributed by atoms with Gasteiger partial charge in [-0.3, -0.25) is 9.59 Å². The van der Waals surface area contributed by atoms with E-state index in [4.69, 9.17) is 9.47 Å². The topological polar surface area (TPSA) is 59.1 Å². The molecule has 0 unspecified atom stereocenters. The lowest BCUT2D eigenvalue weighted by molar-refractivity contribution is -0.159. The molecule has 4 bridgehead atoms. The molecule has 2 heterocycles. The summed E-state index contributed by atoms with van der Waals surface area (Å²) in [7, 11) is 0. The van der Waals surface area contributed by atoms with Gasteiger partial charge in [-0.15, -0.1) is 0 Å². The molecule has 1 aromatic carbocycles. The van der Waals surface area contributed by atoms with Crippen LogP contribution >= 0.6 is 0 Å². The largest absolute Gasteiger partial charge is 0.454 e. The van der Waals surface area contributed by atoms with Crippen LogP contribution in [0.25, 0.3) is 0 Å². The molecule has 1 saturated heterocycles. The first-order valence-corrected chi connectivity index (χ1v) is 11.1. The van der Waals surface area contributed by atoms with Crippen LogP contribution in [0.3, 0.4) is 0 Å². The Morgan fingerprint density at radius 1 is 0.828 bits per heavy atom. The molecule has 6 nitrogen and oxygen atoms in total. The fourth-order valence-electron chi connectivity index (χ4n) is 7.03. The van der Waals surface area contributed by atoms with Crippen LogP contribution in [0.5, 0.6) is 11.5 Å². The molecule has 0 aromatic heterocycles. The predicted molar refractivity (Wildman–Crippen MR) is 106 cm³/mol. The molecule has 1 aromatic rings. The van der Waals surface area contributed by atoms with Gasteiger partial charge in [0.25, 0.3) is 5.91 Å². The molecule has 0 atom stereocenters. The smallest absolute Gasteiger partial charge is 0.254 e. The number of carbonyl (C=O) groups is 2. The van der Waals surface area contributed by atoms with Gasteiger partial charge in [-0.1, -0.05) is 0 Å². The SMILES string of the molecule is O=C(c1ccc2c(c1)OCO2)N1CCN(C(=O)C23CC4CC(CC(C4)C2)C3)CC1. The highest BCUT2D eigenvalue weighted by atomic mass is 16.7. The molecule has 4 aliphatic carbocycles. The number of rotatable bonds is 2. The molecular weight excluding hydrogens is 368 g/mol. The average molecular weight is 396 g/mol. The molecule has 2 amide bonds. The summed E-state index contributed by atoms with van der Waals surface area (Å²) in [6.45, 7) is 2.71. The van der Waals surface area contributed by atoms with E-state index in [0.29, 0.717) is 49.1 Å². The van der Waals surface area contributed by atoms with Crippen molar-refractivity contribution < 1.29 is 19.1 Å². The van der Waals surface area contributed by atoms with E-state index in [1.54, 1.807) is 18.2 Å². The summed E-state index contributed by atoms with van der Waals surface area (Å²) in [5.41, 5.74) is 0.535. The third-order valence-corrected chi connectivity index (χ3v) is 7.97. The molecule has 7 rings (SSSR count). The van der Waals surface area contributed by atoms with E-state index in [0.717, 1.165) is 37.0 Å². The molecule has 0 spiro atoms. The van der Waals surface area contributed by atoms with Crippen LogP contribution in [-0.4, -0.2) is 54.6 Å². The molecule has 6 heteroatoms. The van der Waals surface area contributed by atoms with E-state index in [2.05, 4.69) is 4.90 Å². The second-order valence-corrected chi connectivity index (χ2v) is 9.85. The Labute approximate surface area is 171 Å². The molecule has 0 radical (unpaired) electrons. The van der Waals surface area contributed by atoms with E-state index in [1.165, 1.54) is 19.3 Å². The normalized spacial score (nSPS) is 34.6. The molecular formula is C23H28N2O4. The quantitative estimate of drug-likeness (QED) is 0.771. The molecule has 29 heavy (non-hydrogen) atoms. The summed E-state index contributed by atoms with van der Waals surface area (Å²) in [5, 5.41) is 0. The van der Waals surface area contributed by atoms with Crippen molar-refractivity contribution in [1.29, 1.82) is 0 Å². The van der Waals surface area contributed by atoms with Gasteiger partial charge in [0.2, 0.25) is 12.7 Å². The Hall–Kier alpha value is -2.24. The molecule has 154 valence electrons. The van der Waals surface area contributed by atoms with Crippen LogP contribution in [0.1, 0.15) is 48.9 Å². The van der Waals surface area contributed by atoms with Crippen molar-refractivity contribution in [2.75, 3.05) is 33.0 Å². The van der Waals surface area contributed by atoms with Crippen molar-refractivity contribution >= 4 is 11.8 Å². The van der Waals surface area contributed by atoms with Gasteiger partial charge in [0.1, 0.15) is 0 Å². The number of nitrogens with zero attached hydrogens (tertiary/aromatic N) is 2. The molecule has 0 N–H and O–H groups in total. The Morgan fingerprint density at radius 2 is 1.41 bits per heavy atom. The van der Waals surface area contributed by atoms with Crippen molar-refractivity contribution in [1.82, 2.24) is 9.80 Å². The lowest BCUT2D eigenvalue weighted by Gasteiger charge is -2.57. The van der Waals surface area contributed by atoms with Gasteiger partial charge in [0, 0.05) is 31.7 Å². The summed E-state index contributed by atoms with van der Waals surface area (Å²) in [4.78, 5) is 30.4. The Bertz CT molecular complexity index is 823. The highest BCUT2D eigenvalue weighted by Gasteiger charge is 2.55. The zero-order valence-electron chi connectivity index (χ0n) is 16.8. The fraction of sp³-hybridized carbons (Fsp3) is 0.652. The number of fused-ring (bicyclic) bond motifs is 1. The van der Waals surface area contributed by atoms with Gasteiger partial charge in [-0.2, -0.15) is 0 Å². The van der Waals surface area contributed by atoms with E-state index in [9.17, 15) is 9.59 Å². The van der Waals surface area contributed by atoms with Crippen molar-refractivity contribution in [3.8, 4) is 11.5 Å². The first-order valence-electron chi connectivity index (χ1n) is 11.1. The summed E-state index contributed by atoms with van der Waals surface area (Å²) in [6.07, 6.45) is 7.37. The second kappa shape index (κ2) is 6.38. The minimum atomic E-state index is -0.0851. The van der Waals surface area contributed by atoms with Crippen LogP contribution < -0.4 is 9.47 Å². The van der Waals surface area contributed by atoms with E-state index < -0.39 is 0 Å². The maximum Gasteiger partial charge on any atom is 0.254 e. The number of benzene rings is 1. The third kappa shape index (κ3) is 2.82. The molecule has 2 aliphatic heterocycles. The van der Waals surface area contributed by atoms with Gasteiger partial charge in [-0.25, -0.2) is 0 Å². The average Bonchev–Trinajstić information content (AvgIpc) is 3.20. The van der Waals surface area contributed by atoms with E-state index >= 15 is 0 Å². The standard InChI is InChI=1S/C23H28N2O4/c26-21(18-1-2-19-20(10-18)29-14-28-19)24-3-5-25(6-4-24)22(27)23-11-15-7-16(12-23)9-17(8-15)13-23/h1-2,10,15-17H,3-9,11-14H2. The first-order chi connectivity index (χ1) is 14.1. The van der Waals surface area contributed by atoms with Crippen LogP contribution in [-0.2, 0) is 4.79 Å².